The van der Waals surface area contributed by atoms with Crippen molar-refractivity contribution in [2.75, 3.05) is 6.61 Å². The standard InChI is InChI=1S/C9H14O4/c1-3-13-8(11)9(12)5-7(10)4-6(9)2/h6,12H,3-5H2,1-2H3/t6-,9+/m1/s1. The van der Waals surface area contributed by atoms with Gasteiger partial charge in [0, 0.05) is 18.8 Å². The van der Waals surface area contributed by atoms with E-state index in [9.17, 15) is 14.7 Å². The smallest absolute Gasteiger partial charge is 0.338 e. The molecule has 1 N–H and O–H groups in total. The van der Waals surface area contributed by atoms with E-state index in [1.807, 2.05) is 0 Å². The Labute approximate surface area is 76.9 Å². The van der Waals surface area contributed by atoms with Gasteiger partial charge in [0.15, 0.2) is 5.60 Å². The van der Waals surface area contributed by atoms with Crippen LogP contribution in [-0.4, -0.2) is 29.1 Å². The summed E-state index contributed by atoms with van der Waals surface area (Å²) in [4.78, 5) is 22.3. The molecular formula is C9H14O4. The zero-order chi connectivity index (χ0) is 10.1. The van der Waals surface area contributed by atoms with Crippen LogP contribution in [0.3, 0.4) is 0 Å². The first kappa shape index (κ1) is 10.2. The molecular weight excluding hydrogens is 172 g/mol. The molecule has 1 saturated carbocycles. The SMILES string of the molecule is CCOC(=O)[C@]1(O)CC(=O)C[C@H]1C. The maximum absolute atomic E-state index is 11.3. The molecule has 0 aromatic heterocycles. The Hall–Kier alpha value is -0.900. The highest BCUT2D eigenvalue weighted by Crippen LogP contribution is 2.33. The highest BCUT2D eigenvalue weighted by Gasteiger charge is 2.50. The summed E-state index contributed by atoms with van der Waals surface area (Å²) in [7, 11) is 0. The van der Waals surface area contributed by atoms with Gasteiger partial charge in [-0.2, -0.15) is 0 Å². The van der Waals surface area contributed by atoms with Crippen molar-refractivity contribution in [3.63, 3.8) is 0 Å². The van der Waals surface area contributed by atoms with Crippen molar-refractivity contribution < 1.29 is 19.4 Å². The lowest BCUT2D eigenvalue weighted by molar-refractivity contribution is -0.168. The lowest BCUT2D eigenvalue weighted by atomic mass is 9.93. The number of ketones is 1. The van der Waals surface area contributed by atoms with Gasteiger partial charge in [-0.25, -0.2) is 4.79 Å². The molecule has 0 aromatic carbocycles. The van der Waals surface area contributed by atoms with E-state index in [1.54, 1.807) is 13.8 Å². The topological polar surface area (TPSA) is 63.6 Å². The summed E-state index contributed by atoms with van der Waals surface area (Å²) >= 11 is 0. The van der Waals surface area contributed by atoms with E-state index < -0.39 is 11.6 Å². The zero-order valence-electron chi connectivity index (χ0n) is 7.87. The molecule has 74 valence electrons. The largest absolute Gasteiger partial charge is 0.464 e. The van der Waals surface area contributed by atoms with E-state index in [0.29, 0.717) is 0 Å². The van der Waals surface area contributed by atoms with Crippen LogP contribution in [0.2, 0.25) is 0 Å². The fraction of sp³-hybridized carbons (Fsp3) is 0.778. The molecule has 1 rings (SSSR count). The number of aliphatic hydroxyl groups is 1. The second-order valence-electron chi connectivity index (χ2n) is 3.47. The van der Waals surface area contributed by atoms with E-state index in [-0.39, 0.29) is 31.1 Å². The molecule has 0 aliphatic heterocycles. The quantitative estimate of drug-likeness (QED) is 0.629. The number of Topliss-reactive ketones (excluding diaryl/α,β-unsaturated/α-hetero) is 1. The van der Waals surface area contributed by atoms with Crippen molar-refractivity contribution in [2.24, 2.45) is 5.92 Å². The van der Waals surface area contributed by atoms with Crippen molar-refractivity contribution in [1.29, 1.82) is 0 Å². The molecule has 1 fully saturated rings. The fourth-order valence-corrected chi connectivity index (χ4v) is 1.59. The molecule has 0 amide bonds. The molecule has 0 unspecified atom stereocenters. The van der Waals surface area contributed by atoms with E-state index in [0.717, 1.165) is 0 Å². The van der Waals surface area contributed by atoms with E-state index >= 15 is 0 Å². The second-order valence-corrected chi connectivity index (χ2v) is 3.47. The Morgan fingerprint density at radius 2 is 2.38 bits per heavy atom. The second kappa shape index (κ2) is 3.46. The van der Waals surface area contributed by atoms with Crippen molar-refractivity contribution in [2.45, 2.75) is 32.3 Å². The predicted octanol–water partition coefficient (Wildman–Crippen LogP) is 0.280. The summed E-state index contributed by atoms with van der Waals surface area (Å²) in [5, 5.41) is 9.83. The summed E-state index contributed by atoms with van der Waals surface area (Å²) in [6.07, 6.45) is 0.155. The van der Waals surface area contributed by atoms with Gasteiger partial charge in [0.2, 0.25) is 0 Å². The number of carbonyl (C=O) groups is 2. The van der Waals surface area contributed by atoms with Gasteiger partial charge in [-0.3, -0.25) is 4.79 Å². The van der Waals surface area contributed by atoms with Gasteiger partial charge in [-0.05, 0) is 6.92 Å². The molecule has 1 aliphatic carbocycles. The predicted molar refractivity (Wildman–Crippen MR) is 45.0 cm³/mol. The summed E-state index contributed by atoms with van der Waals surface area (Å²) < 4.78 is 4.71. The molecule has 0 aromatic rings. The first-order valence-corrected chi connectivity index (χ1v) is 4.42. The summed E-state index contributed by atoms with van der Waals surface area (Å²) in [6, 6.07) is 0. The van der Waals surface area contributed by atoms with E-state index in [1.165, 1.54) is 0 Å². The summed E-state index contributed by atoms with van der Waals surface area (Å²) in [5.41, 5.74) is -1.58. The maximum Gasteiger partial charge on any atom is 0.338 e. The molecule has 0 radical (unpaired) electrons. The van der Waals surface area contributed by atoms with E-state index in [2.05, 4.69) is 0 Å². The van der Waals surface area contributed by atoms with Gasteiger partial charge in [0.25, 0.3) is 0 Å². The monoisotopic (exact) mass is 186 g/mol. The first-order valence-electron chi connectivity index (χ1n) is 4.42. The van der Waals surface area contributed by atoms with Crippen LogP contribution in [-0.2, 0) is 14.3 Å². The fourth-order valence-electron chi connectivity index (χ4n) is 1.59. The minimum absolute atomic E-state index is 0.0805. The third-order valence-electron chi connectivity index (χ3n) is 2.44. The Morgan fingerprint density at radius 1 is 1.77 bits per heavy atom. The minimum Gasteiger partial charge on any atom is -0.464 e. The molecule has 0 bridgehead atoms. The van der Waals surface area contributed by atoms with Crippen LogP contribution in [0.1, 0.15) is 26.7 Å². The van der Waals surface area contributed by atoms with E-state index in [4.69, 9.17) is 4.74 Å². The zero-order valence-corrected chi connectivity index (χ0v) is 7.87. The van der Waals surface area contributed by atoms with Gasteiger partial charge < -0.3 is 9.84 Å². The number of hydrogen-bond donors (Lipinski definition) is 1. The van der Waals surface area contributed by atoms with Crippen molar-refractivity contribution in [3.05, 3.63) is 0 Å². The molecule has 0 heterocycles. The molecule has 0 spiro atoms. The molecule has 2 atom stereocenters. The first-order chi connectivity index (χ1) is 6.00. The molecule has 0 saturated heterocycles. The van der Waals surface area contributed by atoms with Crippen LogP contribution >= 0.6 is 0 Å². The van der Waals surface area contributed by atoms with Gasteiger partial charge in [-0.1, -0.05) is 6.92 Å². The van der Waals surface area contributed by atoms with Crippen molar-refractivity contribution in [3.8, 4) is 0 Å². The Morgan fingerprint density at radius 3 is 2.77 bits per heavy atom. The third-order valence-corrected chi connectivity index (χ3v) is 2.44. The highest BCUT2D eigenvalue weighted by molar-refractivity contribution is 5.93. The van der Waals surface area contributed by atoms with Crippen LogP contribution in [0.5, 0.6) is 0 Å². The maximum atomic E-state index is 11.3. The number of carbonyl (C=O) groups excluding carboxylic acids is 2. The number of esters is 1. The average Bonchev–Trinajstić information content (AvgIpc) is 2.28. The van der Waals surface area contributed by atoms with Gasteiger partial charge in [0.1, 0.15) is 5.78 Å². The molecule has 1 aliphatic rings. The Kier molecular flexibility index (Phi) is 2.71. The normalized spacial score (nSPS) is 33.5. The Bertz CT molecular complexity index is 236. The molecule has 4 nitrogen and oxygen atoms in total. The van der Waals surface area contributed by atoms with Gasteiger partial charge in [0.05, 0.1) is 6.61 Å². The lowest BCUT2D eigenvalue weighted by Gasteiger charge is -2.23. The number of rotatable bonds is 2. The lowest BCUT2D eigenvalue weighted by Crippen LogP contribution is -2.42. The summed E-state index contributed by atoms with van der Waals surface area (Å²) in [6.45, 7) is 3.58. The van der Waals surface area contributed by atoms with Crippen LogP contribution in [0, 0.1) is 5.92 Å². The van der Waals surface area contributed by atoms with Crippen LogP contribution in [0.25, 0.3) is 0 Å². The van der Waals surface area contributed by atoms with Gasteiger partial charge in [-0.15, -0.1) is 0 Å². The van der Waals surface area contributed by atoms with Crippen molar-refractivity contribution in [1.82, 2.24) is 0 Å². The average molecular weight is 186 g/mol. The van der Waals surface area contributed by atoms with Crippen molar-refractivity contribution >= 4 is 11.8 Å². The van der Waals surface area contributed by atoms with Crippen LogP contribution < -0.4 is 0 Å². The van der Waals surface area contributed by atoms with Gasteiger partial charge >= 0.3 is 5.97 Å². The third kappa shape index (κ3) is 1.72. The highest BCUT2D eigenvalue weighted by atomic mass is 16.5. The Balaban J connectivity index is 2.75. The summed E-state index contributed by atoms with van der Waals surface area (Å²) in [5.74, 6) is -1.09. The van der Waals surface area contributed by atoms with Crippen LogP contribution in [0.15, 0.2) is 0 Å². The number of ether oxygens (including phenoxy) is 1. The molecule has 4 heteroatoms. The molecule has 13 heavy (non-hydrogen) atoms. The minimum atomic E-state index is -1.58. The number of hydrogen-bond acceptors (Lipinski definition) is 4. The van der Waals surface area contributed by atoms with Crippen LogP contribution in [0.4, 0.5) is 0 Å².